The first-order chi connectivity index (χ1) is 8.60. The summed E-state index contributed by atoms with van der Waals surface area (Å²) in [7, 11) is 1.75. The van der Waals surface area contributed by atoms with E-state index in [1.54, 1.807) is 23.9 Å². The molecule has 1 aromatic carbocycles. The van der Waals surface area contributed by atoms with Crippen molar-refractivity contribution in [1.82, 2.24) is 9.55 Å². The van der Waals surface area contributed by atoms with Crippen LogP contribution in [0.3, 0.4) is 0 Å². The number of anilines is 1. The fraction of sp³-hybridized carbons (Fsp3) is 0.167. The average Bonchev–Trinajstić information content (AvgIpc) is 2.78. The monoisotopic (exact) mass is 248 g/mol. The zero-order valence-electron chi connectivity index (χ0n) is 9.85. The van der Waals surface area contributed by atoms with Crippen LogP contribution in [0.25, 0.3) is 0 Å². The van der Waals surface area contributed by atoms with E-state index in [0.717, 1.165) is 0 Å². The Bertz CT molecular complexity index is 579. The van der Waals surface area contributed by atoms with E-state index in [9.17, 15) is 9.18 Å². The molecule has 0 aliphatic heterocycles. The number of aryl methyl sites for hydroxylation is 1. The predicted octanol–water partition coefficient (Wildman–Crippen LogP) is 1.27. The summed E-state index contributed by atoms with van der Waals surface area (Å²) in [4.78, 5) is 15.6. The molecule has 94 valence electrons. The number of nitrogens with two attached hydrogens (primary N) is 1. The first kappa shape index (κ1) is 12.3. The normalized spacial score (nSPS) is 10.4. The SMILES string of the molecule is Cn1cnc(C(=O)Nc2ccc(CN)cc2F)c1. The molecule has 0 saturated carbocycles. The van der Waals surface area contributed by atoms with Gasteiger partial charge in [-0.3, -0.25) is 4.79 Å². The maximum atomic E-state index is 13.6. The molecular weight excluding hydrogens is 235 g/mol. The van der Waals surface area contributed by atoms with Crippen LogP contribution in [0.1, 0.15) is 16.1 Å². The van der Waals surface area contributed by atoms with Crippen LogP contribution in [0.15, 0.2) is 30.7 Å². The molecule has 3 N–H and O–H groups in total. The van der Waals surface area contributed by atoms with Crippen LogP contribution in [0.4, 0.5) is 10.1 Å². The first-order valence-electron chi connectivity index (χ1n) is 5.38. The van der Waals surface area contributed by atoms with E-state index in [4.69, 9.17) is 5.73 Å². The summed E-state index contributed by atoms with van der Waals surface area (Å²) in [5.74, 6) is -0.961. The van der Waals surface area contributed by atoms with Gasteiger partial charge in [0, 0.05) is 19.8 Å². The minimum absolute atomic E-state index is 0.114. The van der Waals surface area contributed by atoms with E-state index >= 15 is 0 Å². The van der Waals surface area contributed by atoms with Gasteiger partial charge in [-0.1, -0.05) is 6.07 Å². The average molecular weight is 248 g/mol. The van der Waals surface area contributed by atoms with Gasteiger partial charge >= 0.3 is 0 Å². The second-order valence-electron chi connectivity index (χ2n) is 3.90. The number of carbonyl (C=O) groups is 1. The van der Waals surface area contributed by atoms with E-state index in [1.165, 1.54) is 18.5 Å². The summed E-state index contributed by atoms with van der Waals surface area (Å²) in [5.41, 5.74) is 6.42. The maximum absolute atomic E-state index is 13.6. The highest BCUT2D eigenvalue weighted by molar-refractivity contribution is 6.02. The third kappa shape index (κ3) is 2.54. The number of nitrogens with one attached hydrogen (secondary N) is 1. The number of nitrogens with zero attached hydrogens (tertiary/aromatic N) is 2. The van der Waals surface area contributed by atoms with Crippen LogP contribution in [-0.4, -0.2) is 15.5 Å². The van der Waals surface area contributed by atoms with Crippen molar-refractivity contribution in [1.29, 1.82) is 0 Å². The van der Waals surface area contributed by atoms with Gasteiger partial charge < -0.3 is 15.6 Å². The summed E-state index contributed by atoms with van der Waals surface area (Å²) in [6, 6.07) is 4.45. The number of rotatable bonds is 3. The van der Waals surface area contributed by atoms with Crippen LogP contribution in [-0.2, 0) is 13.6 Å². The number of hydrogen-bond donors (Lipinski definition) is 2. The molecule has 0 aliphatic carbocycles. The van der Waals surface area contributed by atoms with Crippen molar-refractivity contribution in [2.75, 3.05) is 5.32 Å². The second kappa shape index (κ2) is 4.97. The Morgan fingerprint density at radius 2 is 2.33 bits per heavy atom. The summed E-state index contributed by atoms with van der Waals surface area (Å²) >= 11 is 0. The first-order valence-corrected chi connectivity index (χ1v) is 5.38. The molecule has 1 heterocycles. The van der Waals surface area contributed by atoms with E-state index in [-0.39, 0.29) is 17.9 Å². The van der Waals surface area contributed by atoms with Crippen molar-refractivity contribution in [3.8, 4) is 0 Å². The molecule has 6 heteroatoms. The molecule has 2 aromatic rings. The zero-order chi connectivity index (χ0) is 13.1. The van der Waals surface area contributed by atoms with Gasteiger partial charge in [-0.05, 0) is 17.7 Å². The van der Waals surface area contributed by atoms with Gasteiger partial charge in [0.1, 0.15) is 11.5 Å². The Balaban J connectivity index is 2.16. The van der Waals surface area contributed by atoms with Crippen LogP contribution in [0.2, 0.25) is 0 Å². The highest BCUT2D eigenvalue weighted by Crippen LogP contribution is 2.16. The lowest BCUT2D eigenvalue weighted by molar-refractivity contribution is 0.102. The smallest absolute Gasteiger partial charge is 0.275 e. The van der Waals surface area contributed by atoms with E-state index in [0.29, 0.717) is 5.56 Å². The molecular formula is C12H13FN4O. The van der Waals surface area contributed by atoms with Crippen molar-refractivity contribution < 1.29 is 9.18 Å². The Morgan fingerprint density at radius 1 is 1.56 bits per heavy atom. The van der Waals surface area contributed by atoms with Gasteiger partial charge in [0.2, 0.25) is 0 Å². The maximum Gasteiger partial charge on any atom is 0.275 e. The third-order valence-electron chi connectivity index (χ3n) is 2.45. The molecule has 0 radical (unpaired) electrons. The number of carbonyl (C=O) groups excluding carboxylic acids is 1. The van der Waals surface area contributed by atoms with E-state index < -0.39 is 11.7 Å². The number of hydrogen-bond acceptors (Lipinski definition) is 3. The molecule has 0 fully saturated rings. The molecule has 0 atom stereocenters. The zero-order valence-corrected chi connectivity index (χ0v) is 9.85. The lowest BCUT2D eigenvalue weighted by atomic mass is 10.2. The standard InChI is InChI=1S/C12H13FN4O/c1-17-6-11(15-7-17)12(18)16-10-3-2-8(5-14)4-9(10)13/h2-4,6-7H,5,14H2,1H3,(H,16,18). The van der Waals surface area contributed by atoms with E-state index in [1.807, 2.05) is 0 Å². The molecule has 1 aromatic heterocycles. The highest BCUT2D eigenvalue weighted by Gasteiger charge is 2.11. The molecule has 0 unspecified atom stereocenters. The fourth-order valence-electron chi connectivity index (χ4n) is 1.50. The molecule has 0 aliphatic rings. The van der Waals surface area contributed by atoms with Gasteiger partial charge in [-0.2, -0.15) is 0 Å². The third-order valence-corrected chi connectivity index (χ3v) is 2.45. The van der Waals surface area contributed by atoms with Crippen LogP contribution < -0.4 is 11.1 Å². The van der Waals surface area contributed by atoms with Gasteiger partial charge in [-0.15, -0.1) is 0 Å². The van der Waals surface area contributed by atoms with Gasteiger partial charge in [0.05, 0.1) is 12.0 Å². The van der Waals surface area contributed by atoms with E-state index in [2.05, 4.69) is 10.3 Å². The molecule has 5 nitrogen and oxygen atoms in total. The van der Waals surface area contributed by atoms with Crippen molar-refractivity contribution in [2.24, 2.45) is 12.8 Å². The molecule has 0 spiro atoms. The number of halogens is 1. The van der Waals surface area contributed by atoms with Crippen molar-refractivity contribution >= 4 is 11.6 Å². The lowest BCUT2D eigenvalue weighted by Crippen LogP contribution is -2.13. The number of aromatic nitrogens is 2. The highest BCUT2D eigenvalue weighted by atomic mass is 19.1. The molecule has 18 heavy (non-hydrogen) atoms. The summed E-state index contributed by atoms with van der Waals surface area (Å²) in [6.45, 7) is 0.255. The van der Waals surface area contributed by atoms with Crippen molar-refractivity contribution in [3.05, 3.63) is 47.8 Å². The van der Waals surface area contributed by atoms with Gasteiger partial charge in [-0.25, -0.2) is 9.37 Å². The van der Waals surface area contributed by atoms with Crippen LogP contribution in [0.5, 0.6) is 0 Å². The summed E-state index contributed by atoms with van der Waals surface area (Å²) in [5, 5.41) is 2.46. The minimum Gasteiger partial charge on any atom is -0.340 e. The van der Waals surface area contributed by atoms with Crippen LogP contribution >= 0.6 is 0 Å². The quantitative estimate of drug-likeness (QED) is 0.859. The molecule has 2 rings (SSSR count). The summed E-state index contributed by atoms with van der Waals surface area (Å²) in [6.07, 6.45) is 3.06. The summed E-state index contributed by atoms with van der Waals surface area (Å²) < 4.78 is 15.3. The van der Waals surface area contributed by atoms with Gasteiger partial charge in [0.15, 0.2) is 0 Å². The predicted molar refractivity (Wildman–Crippen MR) is 65.5 cm³/mol. The number of amides is 1. The largest absolute Gasteiger partial charge is 0.340 e. The van der Waals surface area contributed by atoms with Crippen LogP contribution in [0, 0.1) is 5.82 Å². The molecule has 0 saturated heterocycles. The Labute approximate surface area is 103 Å². The Morgan fingerprint density at radius 3 is 2.89 bits per heavy atom. The van der Waals surface area contributed by atoms with Crippen molar-refractivity contribution in [3.63, 3.8) is 0 Å². The number of benzene rings is 1. The number of imidazole rings is 1. The molecule has 0 bridgehead atoms. The topological polar surface area (TPSA) is 72.9 Å². The fourth-order valence-corrected chi connectivity index (χ4v) is 1.50. The molecule has 1 amide bonds. The lowest BCUT2D eigenvalue weighted by Gasteiger charge is -2.06. The second-order valence-corrected chi connectivity index (χ2v) is 3.90. The minimum atomic E-state index is -0.512. The van der Waals surface area contributed by atoms with Gasteiger partial charge in [0.25, 0.3) is 5.91 Å². The Hall–Kier alpha value is -2.21. The Kier molecular flexibility index (Phi) is 3.38. The van der Waals surface area contributed by atoms with Crippen molar-refractivity contribution in [2.45, 2.75) is 6.54 Å².